The third-order valence-electron chi connectivity index (χ3n) is 4.65. The standard InChI is InChI=1S/C21H32O2/c1-4-7-8-10-15-19(21(22)23)16-17(5-2)20(6-3)18-13-11-9-12-14-18/h9,11-14,16-17,20H,4-8,10,15H2,1-3H3,(H,22,23). The minimum Gasteiger partial charge on any atom is -0.478 e. The fourth-order valence-corrected chi connectivity index (χ4v) is 3.27. The SMILES string of the molecule is CCCCCCC(=CC(CC)C(CC)c1ccccc1)C(=O)O. The highest BCUT2D eigenvalue weighted by molar-refractivity contribution is 5.86. The second-order valence-corrected chi connectivity index (χ2v) is 6.31. The third kappa shape index (κ3) is 6.60. The molecule has 0 aromatic heterocycles. The van der Waals surface area contributed by atoms with Crippen LogP contribution in [0.15, 0.2) is 42.0 Å². The van der Waals surface area contributed by atoms with Crippen molar-refractivity contribution in [2.24, 2.45) is 5.92 Å². The Kier molecular flexibility index (Phi) is 9.35. The van der Waals surface area contributed by atoms with Crippen molar-refractivity contribution in [1.29, 1.82) is 0 Å². The second-order valence-electron chi connectivity index (χ2n) is 6.31. The Morgan fingerprint density at radius 3 is 2.26 bits per heavy atom. The third-order valence-corrected chi connectivity index (χ3v) is 4.65. The smallest absolute Gasteiger partial charge is 0.331 e. The predicted molar refractivity (Wildman–Crippen MR) is 97.7 cm³/mol. The lowest BCUT2D eigenvalue weighted by molar-refractivity contribution is -0.132. The molecule has 0 amide bonds. The zero-order valence-electron chi connectivity index (χ0n) is 14.9. The first-order valence-electron chi connectivity index (χ1n) is 9.12. The maximum Gasteiger partial charge on any atom is 0.331 e. The van der Waals surface area contributed by atoms with Crippen LogP contribution in [0.2, 0.25) is 0 Å². The molecule has 23 heavy (non-hydrogen) atoms. The van der Waals surface area contributed by atoms with Crippen molar-refractivity contribution in [3.63, 3.8) is 0 Å². The largest absolute Gasteiger partial charge is 0.478 e. The average Bonchev–Trinajstić information content (AvgIpc) is 2.57. The van der Waals surface area contributed by atoms with Crippen LogP contribution in [-0.4, -0.2) is 11.1 Å². The Morgan fingerprint density at radius 2 is 1.74 bits per heavy atom. The molecule has 0 saturated heterocycles. The van der Waals surface area contributed by atoms with E-state index < -0.39 is 5.97 Å². The van der Waals surface area contributed by atoms with E-state index in [2.05, 4.69) is 45.0 Å². The van der Waals surface area contributed by atoms with Crippen molar-refractivity contribution in [1.82, 2.24) is 0 Å². The summed E-state index contributed by atoms with van der Waals surface area (Å²) in [4.78, 5) is 11.6. The van der Waals surface area contributed by atoms with E-state index in [4.69, 9.17) is 0 Å². The number of hydrogen-bond donors (Lipinski definition) is 1. The number of carboxylic acid groups (broad SMARTS) is 1. The van der Waals surface area contributed by atoms with Gasteiger partial charge in [0.1, 0.15) is 0 Å². The highest BCUT2D eigenvalue weighted by Crippen LogP contribution is 2.32. The summed E-state index contributed by atoms with van der Waals surface area (Å²) in [7, 11) is 0. The Labute approximate surface area is 141 Å². The molecule has 0 bridgehead atoms. The van der Waals surface area contributed by atoms with Crippen molar-refractivity contribution >= 4 is 5.97 Å². The minimum atomic E-state index is -0.747. The molecule has 1 aromatic rings. The molecule has 128 valence electrons. The normalized spacial score (nSPS) is 14.5. The summed E-state index contributed by atoms with van der Waals surface area (Å²) in [5.41, 5.74) is 1.91. The zero-order chi connectivity index (χ0) is 17.1. The molecule has 2 atom stereocenters. The summed E-state index contributed by atoms with van der Waals surface area (Å²) < 4.78 is 0. The topological polar surface area (TPSA) is 37.3 Å². The maximum atomic E-state index is 11.6. The summed E-state index contributed by atoms with van der Waals surface area (Å²) in [6.45, 7) is 6.52. The van der Waals surface area contributed by atoms with Gasteiger partial charge in [-0.3, -0.25) is 0 Å². The van der Waals surface area contributed by atoms with Crippen LogP contribution in [0.3, 0.4) is 0 Å². The first-order chi connectivity index (χ1) is 11.1. The van der Waals surface area contributed by atoms with E-state index in [1.165, 1.54) is 18.4 Å². The van der Waals surface area contributed by atoms with Gasteiger partial charge in [-0.05, 0) is 43.1 Å². The molecule has 0 radical (unpaired) electrons. The van der Waals surface area contributed by atoms with Crippen molar-refractivity contribution in [3.05, 3.63) is 47.5 Å². The van der Waals surface area contributed by atoms with Gasteiger partial charge in [-0.15, -0.1) is 0 Å². The zero-order valence-corrected chi connectivity index (χ0v) is 14.9. The first kappa shape index (κ1) is 19.5. The van der Waals surface area contributed by atoms with E-state index in [0.29, 0.717) is 23.8 Å². The lowest BCUT2D eigenvalue weighted by Crippen LogP contribution is -2.12. The van der Waals surface area contributed by atoms with Crippen LogP contribution in [-0.2, 0) is 4.79 Å². The summed E-state index contributed by atoms with van der Waals surface area (Å²) in [5, 5.41) is 9.53. The molecule has 1 aromatic carbocycles. The first-order valence-corrected chi connectivity index (χ1v) is 9.12. The van der Waals surface area contributed by atoms with E-state index in [-0.39, 0.29) is 0 Å². The van der Waals surface area contributed by atoms with Gasteiger partial charge in [0, 0.05) is 5.57 Å². The van der Waals surface area contributed by atoms with Crippen LogP contribution < -0.4 is 0 Å². The molecule has 0 spiro atoms. The van der Waals surface area contributed by atoms with Crippen molar-refractivity contribution in [2.75, 3.05) is 0 Å². The van der Waals surface area contributed by atoms with Gasteiger partial charge in [-0.25, -0.2) is 4.79 Å². The molecule has 2 heteroatoms. The number of allylic oxidation sites excluding steroid dienone is 1. The van der Waals surface area contributed by atoms with Gasteiger partial charge in [0.15, 0.2) is 0 Å². The number of benzene rings is 1. The van der Waals surface area contributed by atoms with Crippen LogP contribution >= 0.6 is 0 Å². The summed E-state index contributed by atoms with van der Waals surface area (Å²) in [6, 6.07) is 10.5. The van der Waals surface area contributed by atoms with Gasteiger partial charge in [0.05, 0.1) is 0 Å². The molecule has 0 fully saturated rings. The van der Waals surface area contributed by atoms with Crippen LogP contribution in [0.5, 0.6) is 0 Å². The number of carboxylic acids is 1. The van der Waals surface area contributed by atoms with E-state index in [9.17, 15) is 9.90 Å². The molecule has 0 heterocycles. The van der Waals surface area contributed by atoms with Gasteiger partial charge in [-0.2, -0.15) is 0 Å². The molecule has 0 aliphatic heterocycles. The number of carbonyl (C=O) groups is 1. The summed E-state index contributed by atoms with van der Waals surface area (Å²) in [6.07, 6.45) is 9.19. The Morgan fingerprint density at radius 1 is 1.04 bits per heavy atom. The van der Waals surface area contributed by atoms with E-state index in [1.54, 1.807) is 0 Å². The van der Waals surface area contributed by atoms with Gasteiger partial charge in [0.25, 0.3) is 0 Å². The van der Waals surface area contributed by atoms with Crippen LogP contribution in [0.25, 0.3) is 0 Å². The van der Waals surface area contributed by atoms with Crippen molar-refractivity contribution in [2.45, 2.75) is 71.6 Å². The fourth-order valence-electron chi connectivity index (χ4n) is 3.27. The van der Waals surface area contributed by atoms with Crippen molar-refractivity contribution in [3.8, 4) is 0 Å². The van der Waals surface area contributed by atoms with E-state index in [1.807, 2.05) is 12.1 Å². The molecule has 0 aliphatic carbocycles. The lowest BCUT2D eigenvalue weighted by atomic mass is 9.81. The molecular formula is C21H32O2. The molecule has 0 saturated carbocycles. The quantitative estimate of drug-likeness (QED) is 0.390. The van der Waals surface area contributed by atoms with Gasteiger partial charge < -0.3 is 5.11 Å². The predicted octanol–water partition coefficient (Wildman–Crippen LogP) is 6.19. The summed E-state index contributed by atoms with van der Waals surface area (Å²) >= 11 is 0. The average molecular weight is 316 g/mol. The highest BCUT2D eigenvalue weighted by atomic mass is 16.4. The van der Waals surface area contributed by atoms with Crippen LogP contribution in [0, 0.1) is 5.92 Å². The monoisotopic (exact) mass is 316 g/mol. The molecule has 1 N–H and O–H groups in total. The Hall–Kier alpha value is -1.57. The number of unbranched alkanes of at least 4 members (excludes halogenated alkanes) is 3. The fraction of sp³-hybridized carbons (Fsp3) is 0.571. The van der Waals surface area contributed by atoms with Gasteiger partial charge in [0.2, 0.25) is 0 Å². The second kappa shape index (κ2) is 11.0. The highest BCUT2D eigenvalue weighted by Gasteiger charge is 2.20. The lowest BCUT2D eigenvalue weighted by Gasteiger charge is -2.24. The molecule has 1 rings (SSSR count). The number of hydrogen-bond acceptors (Lipinski definition) is 1. The summed E-state index contributed by atoms with van der Waals surface area (Å²) in [5.74, 6) is -0.0614. The Balaban J connectivity index is 2.88. The van der Waals surface area contributed by atoms with E-state index >= 15 is 0 Å². The molecule has 2 unspecified atom stereocenters. The Bertz CT molecular complexity index is 476. The van der Waals surface area contributed by atoms with E-state index in [0.717, 1.165) is 25.7 Å². The maximum absolute atomic E-state index is 11.6. The molecule has 0 aliphatic rings. The molecule has 2 nitrogen and oxygen atoms in total. The minimum absolute atomic E-state index is 0.291. The number of rotatable bonds is 11. The van der Waals surface area contributed by atoms with Gasteiger partial charge >= 0.3 is 5.97 Å². The van der Waals surface area contributed by atoms with Crippen LogP contribution in [0.4, 0.5) is 0 Å². The number of aliphatic carboxylic acids is 1. The molecular weight excluding hydrogens is 284 g/mol. The van der Waals surface area contributed by atoms with Crippen molar-refractivity contribution < 1.29 is 9.90 Å². The van der Waals surface area contributed by atoms with Gasteiger partial charge in [-0.1, -0.05) is 76.4 Å². The van der Waals surface area contributed by atoms with Crippen LogP contribution in [0.1, 0.15) is 77.2 Å².